The van der Waals surface area contributed by atoms with E-state index in [1.165, 1.54) is 7.11 Å². The van der Waals surface area contributed by atoms with Crippen LogP contribution in [0.2, 0.25) is 0 Å². The van der Waals surface area contributed by atoms with Gasteiger partial charge >= 0.3 is 0 Å². The molecule has 1 amide bonds. The number of aliphatic hydroxyl groups is 1. The number of carbonyl (C=O) groups excluding carboxylic acids is 1. The third-order valence-electron chi connectivity index (χ3n) is 5.74. The quantitative estimate of drug-likeness (QED) is 0.718. The van der Waals surface area contributed by atoms with Gasteiger partial charge in [-0.25, -0.2) is 8.78 Å². The molecular weight excluding hydrogens is 380 g/mol. The van der Waals surface area contributed by atoms with Crippen LogP contribution in [0.25, 0.3) is 11.0 Å². The third-order valence-corrected chi connectivity index (χ3v) is 5.74. The molecular formula is C22H29F2NO4. The van der Waals surface area contributed by atoms with Gasteiger partial charge in [0, 0.05) is 25.3 Å². The molecule has 1 aliphatic carbocycles. The van der Waals surface area contributed by atoms with Crippen molar-refractivity contribution in [2.45, 2.75) is 57.4 Å². The molecule has 29 heavy (non-hydrogen) atoms. The Hall–Kier alpha value is -1.99. The molecule has 0 spiro atoms. The highest BCUT2D eigenvalue weighted by Gasteiger charge is 2.35. The molecule has 0 bridgehead atoms. The molecule has 3 rings (SSSR count). The van der Waals surface area contributed by atoms with E-state index in [0.717, 1.165) is 5.56 Å². The molecule has 0 radical (unpaired) electrons. The molecule has 1 unspecified atom stereocenters. The van der Waals surface area contributed by atoms with Crippen LogP contribution in [0, 0.1) is 12.8 Å². The summed E-state index contributed by atoms with van der Waals surface area (Å²) in [4.78, 5) is 12.9. The second-order valence-electron chi connectivity index (χ2n) is 8.47. The van der Waals surface area contributed by atoms with Crippen LogP contribution in [0.3, 0.4) is 0 Å². The molecule has 1 fully saturated rings. The fourth-order valence-corrected chi connectivity index (χ4v) is 4.09. The lowest BCUT2D eigenvalue weighted by atomic mass is 9.83. The van der Waals surface area contributed by atoms with Gasteiger partial charge in [-0.3, -0.25) is 4.79 Å². The first-order chi connectivity index (χ1) is 13.7. The number of hydrogen-bond donors (Lipinski definition) is 2. The minimum atomic E-state index is -2.53. The number of aryl methyl sites for hydroxylation is 1. The van der Waals surface area contributed by atoms with E-state index in [1.54, 1.807) is 13.8 Å². The Morgan fingerprint density at radius 2 is 2.07 bits per heavy atom. The fraction of sp³-hybridized carbons (Fsp3) is 0.591. The average Bonchev–Trinajstić information content (AvgIpc) is 2.99. The summed E-state index contributed by atoms with van der Waals surface area (Å²) < 4.78 is 37.7. The summed E-state index contributed by atoms with van der Waals surface area (Å²) in [5.41, 5.74) is 1.12. The first-order valence-electron chi connectivity index (χ1n) is 9.98. The van der Waals surface area contributed by atoms with Crippen LogP contribution in [0.1, 0.15) is 54.3 Å². The number of ether oxygens (including phenoxy) is 1. The third kappa shape index (κ3) is 4.95. The number of amides is 1. The van der Waals surface area contributed by atoms with E-state index in [9.17, 15) is 18.7 Å². The predicted octanol–water partition coefficient (Wildman–Crippen LogP) is 4.24. The zero-order chi connectivity index (χ0) is 21.2. The van der Waals surface area contributed by atoms with Crippen LogP contribution in [-0.2, 0) is 11.2 Å². The maximum absolute atomic E-state index is 13.4. The summed E-state index contributed by atoms with van der Waals surface area (Å²) in [6.45, 7) is 3.33. The number of furan rings is 1. The Bertz CT molecular complexity index is 869. The summed E-state index contributed by atoms with van der Waals surface area (Å²) in [5.74, 6) is -2.17. The number of nitrogens with one attached hydrogen (secondary N) is 1. The normalized spacial score (nSPS) is 19.2. The van der Waals surface area contributed by atoms with Crippen molar-refractivity contribution in [2.75, 3.05) is 20.3 Å². The summed E-state index contributed by atoms with van der Waals surface area (Å²) in [5, 5.41) is 13.2. The van der Waals surface area contributed by atoms with Gasteiger partial charge in [-0.15, -0.1) is 0 Å². The van der Waals surface area contributed by atoms with Gasteiger partial charge in [0.2, 0.25) is 5.92 Å². The number of carbonyl (C=O) groups is 1. The highest BCUT2D eigenvalue weighted by molar-refractivity contribution is 6.07. The van der Waals surface area contributed by atoms with Gasteiger partial charge in [-0.05, 0) is 56.7 Å². The molecule has 1 aromatic carbocycles. The Morgan fingerprint density at radius 1 is 1.38 bits per heavy atom. The second kappa shape index (κ2) is 8.40. The molecule has 2 N–H and O–H groups in total. The van der Waals surface area contributed by atoms with Crippen LogP contribution in [-0.4, -0.2) is 42.8 Å². The highest BCUT2D eigenvalue weighted by Crippen LogP contribution is 2.38. The predicted molar refractivity (Wildman–Crippen MR) is 106 cm³/mol. The van der Waals surface area contributed by atoms with Gasteiger partial charge in [0.1, 0.15) is 11.3 Å². The summed E-state index contributed by atoms with van der Waals surface area (Å²) >= 11 is 0. The first kappa shape index (κ1) is 21.7. The van der Waals surface area contributed by atoms with Gasteiger partial charge in [-0.2, -0.15) is 0 Å². The number of halogens is 2. The van der Waals surface area contributed by atoms with E-state index in [0.29, 0.717) is 41.6 Å². The van der Waals surface area contributed by atoms with Crippen molar-refractivity contribution < 1.29 is 27.8 Å². The van der Waals surface area contributed by atoms with E-state index < -0.39 is 11.5 Å². The van der Waals surface area contributed by atoms with Crippen LogP contribution in [0.4, 0.5) is 8.78 Å². The Morgan fingerprint density at radius 3 is 2.69 bits per heavy atom. The smallest absolute Gasteiger partial charge is 0.256 e. The van der Waals surface area contributed by atoms with Crippen molar-refractivity contribution in [1.82, 2.24) is 5.32 Å². The number of hydrogen-bond acceptors (Lipinski definition) is 4. The molecule has 7 heteroatoms. The lowest BCUT2D eigenvalue weighted by molar-refractivity contribution is -0.0456. The van der Waals surface area contributed by atoms with Gasteiger partial charge in [0.15, 0.2) is 0 Å². The second-order valence-corrected chi connectivity index (χ2v) is 8.47. The molecule has 1 saturated carbocycles. The van der Waals surface area contributed by atoms with E-state index in [2.05, 4.69) is 5.32 Å². The van der Waals surface area contributed by atoms with Crippen LogP contribution < -0.4 is 5.32 Å². The number of methoxy groups -OCH3 is 1. The molecule has 0 saturated heterocycles. The van der Waals surface area contributed by atoms with Gasteiger partial charge in [0.25, 0.3) is 5.91 Å². The lowest BCUT2D eigenvalue weighted by Crippen LogP contribution is -2.52. The van der Waals surface area contributed by atoms with Gasteiger partial charge in [-0.1, -0.05) is 6.07 Å². The standard InChI is InChI=1S/C22H29F2NO4/c1-14-19(20(27)25-21(2,12-26)13-28-3)17-11-16(4-5-18(17)29-14)10-15-6-8-22(23,24)9-7-15/h4-5,11,15,26H,6-10,12-13H2,1-3H3,(H,25,27). The van der Waals surface area contributed by atoms with Crippen molar-refractivity contribution in [3.05, 3.63) is 35.1 Å². The minimum Gasteiger partial charge on any atom is -0.461 e. The minimum absolute atomic E-state index is 0.0579. The largest absolute Gasteiger partial charge is 0.461 e. The number of benzene rings is 1. The summed E-state index contributed by atoms with van der Waals surface area (Å²) in [7, 11) is 1.51. The Kier molecular flexibility index (Phi) is 6.29. The van der Waals surface area contributed by atoms with E-state index in [-0.39, 0.29) is 37.9 Å². The molecule has 1 aromatic heterocycles. The van der Waals surface area contributed by atoms with Crippen LogP contribution in [0.15, 0.2) is 22.6 Å². The van der Waals surface area contributed by atoms with Crippen LogP contribution in [0.5, 0.6) is 0 Å². The summed E-state index contributed by atoms with van der Waals surface area (Å²) in [6.07, 6.45) is 1.61. The fourth-order valence-electron chi connectivity index (χ4n) is 4.09. The van der Waals surface area contributed by atoms with Crippen molar-refractivity contribution in [3.8, 4) is 0 Å². The monoisotopic (exact) mass is 409 g/mol. The zero-order valence-electron chi connectivity index (χ0n) is 17.2. The topological polar surface area (TPSA) is 71.7 Å². The van der Waals surface area contributed by atoms with Crippen molar-refractivity contribution in [3.63, 3.8) is 0 Å². The maximum atomic E-state index is 13.4. The average molecular weight is 409 g/mol. The molecule has 1 aliphatic rings. The maximum Gasteiger partial charge on any atom is 0.256 e. The van der Waals surface area contributed by atoms with Crippen LogP contribution >= 0.6 is 0 Å². The molecule has 1 heterocycles. The van der Waals surface area contributed by atoms with Gasteiger partial charge < -0.3 is 19.6 Å². The van der Waals surface area contributed by atoms with Crippen molar-refractivity contribution in [1.29, 1.82) is 0 Å². The van der Waals surface area contributed by atoms with E-state index >= 15 is 0 Å². The molecule has 5 nitrogen and oxygen atoms in total. The SMILES string of the molecule is COCC(C)(CO)NC(=O)c1c(C)oc2ccc(CC3CCC(F)(F)CC3)cc12. The Labute approximate surface area is 169 Å². The molecule has 160 valence electrons. The van der Waals surface area contributed by atoms with Crippen molar-refractivity contribution in [2.24, 2.45) is 5.92 Å². The van der Waals surface area contributed by atoms with Gasteiger partial charge in [0.05, 0.1) is 24.3 Å². The number of aliphatic hydroxyl groups excluding tert-OH is 1. The number of rotatable bonds is 7. The highest BCUT2D eigenvalue weighted by atomic mass is 19.3. The molecule has 0 aliphatic heterocycles. The molecule has 2 aromatic rings. The number of fused-ring (bicyclic) bond motifs is 1. The summed E-state index contributed by atoms with van der Waals surface area (Å²) in [6, 6.07) is 5.68. The van der Waals surface area contributed by atoms with E-state index in [4.69, 9.17) is 9.15 Å². The first-order valence-corrected chi connectivity index (χ1v) is 9.98. The van der Waals surface area contributed by atoms with E-state index in [1.807, 2.05) is 18.2 Å². The lowest BCUT2D eigenvalue weighted by Gasteiger charge is -2.28. The zero-order valence-corrected chi connectivity index (χ0v) is 17.2. The molecule has 1 atom stereocenters. The Balaban J connectivity index is 1.82. The van der Waals surface area contributed by atoms with Crippen molar-refractivity contribution >= 4 is 16.9 Å². The number of alkyl halides is 2.